The van der Waals surface area contributed by atoms with Gasteiger partial charge in [-0.3, -0.25) is 14.5 Å². The van der Waals surface area contributed by atoms with Crippen LogP contribution in [0.1, 0.15) is 97.6 Å². The molecule has 7 rings (SSSR count). The summed E-state index contributed by atoms with van der Waals surface area (Å²) in [5.74, 6) is 0.226. The molecule has 5 heterocycles. The molecule has 2 aromatic heterocycles. The van der Waals surface area contributed by atoms with Gasteiger partial charge in [0.1, 0.15) is 11.6 Å². The van der Waals surface area contributed by atoms with E-state index < -0.39 is 17.4 Å². The molecule has 1 spiro atoms. The average molecular weight is 642 g/mol. The fourth-order valence-corrected chi connectivity index (χ4v) is 8.35. The molecule has 2 saturated heterocycles. The van der Waals surface area contributed by atoms with Crippen LogP contribution in [-0.2, 0) is 15.0 Å². The van der Waals surface area contributed by atoms with E-state index in [1.807, 2.05) is 11.2 Å². The van der Waals surface area contributed by atoms with Gasteiger partial charge in [0.05, 0.1) is 23.0 Å². The average Bonchev–Trinajstić information content (AvgIpc) is 3.72. The number of hydrogen-bond acceptors (Lipinski definition) is 7. The second-order valence-corrected chi connectivity index (χ2v) is 15.0. The number of carboxylic acid groups (broad SMARTS) is 1. The van der Waals surface area contributed by atoms with Crippen molar-refractivity contribution in [1.82, 2.24) is 24.3 Å². The number of hydrogen-bond donors (Lipinski definition) is 2. The van der Waals surface area contributed by atoms with E-state index in [1.54, 1.807) is 6.92 Å². The fraction of sp³-hybridized carbons (Fsp3) is 0.622. The number of imidazole rings is 1. The van der Waals surface area contributed by atoms with Crippen LogP contribution in [0.3, 0.4) is 0 Å². The second-order valence-electron chi connectivity index (χ2n) is 15.0. The number of nitrogens with zero attached hydrogens (tertiary/aromatic N) is 6. The van der Waals surface area contributed by atoms with Crippen molar-refractivity contribution in [3.63, 3.8) is 0 Å². The topological polar surface area (TPSA) is 107 Å². The van der Waals surface area contributed by atoms with Gasteiger partial charge < -0.3 is 24.8 Å². The summed E-state index contributed by atoms with van der Waals surface area (Å²) in [6.07, 6.45) is 10.1. The van der Waals surface area contributed by atoms with Crippen LogP contribution in [0, 0.1) is 0 Å². The number of pyridine rings is 1. The van der Waals surface area contributed by atoms with Gasteiger partial charge in [-0.05, 0) is 110 Å². The number of carboxylic acids is 1. The molecule has 10 nitrogen and oxygen atoms in total. The number of anilines is 2. The summed E-state index contributed by atoms with van der Waals surface area (Å²) >= 11 is 0. The number of carbonyl (C=O) groups is 2. The summed E-state index contributed by atoms with van der Waals surface area (Å²) < 4.78 is 2.19. The predicted octanol–water partition coefficient (Wildman–Crippen LogP) is 6.06. The molecule has 2 N–H and O–H groups in total. The third-order valence-electron chi connectivity index (χ3n) is 11.4. The number of likely N-dealkylation sites (tertiary alicyclic amines) is 2. The zero-order valence-electron chi connectivity index (χ0n) is 28.7. The maximum absolute atomic E-state index is 14.8. The van der Waals surface area contributed by atoms with Crippen LogP contribution in [0.2, 0.25) is 0 Å². The van der Waals surface area contributed by atoms with Crippen molar-refractivity contribution < 1.29 is 14.7 Å². The molecule has 3 atom stereocenters. The summed E-state index contributed by atoms with van der Waals surface area (Å²) in [6.45, 7) is 14.0. The molecule has 4 aliphatic rings. The van der Waals surface area contributed by atoms with E-state index in [9.17, 15) is 14.7 Å². The largest absolute Gasteiger partial charge is 0.480 e. The van der Waals surface area contributed by atoms with Gasteiger partial charge in [-0.25, -0.2) is 9.97 Å². The number of aliphatic carboxylic acids is 1. The highest BCUT2D eigenvalue weighted by molar-refractivity contribution is 6.09. The zero-order valence-corrected chi connectivity index (χ0v) is 28.7. The van der Waals surface area contributed by atoms with Crippen molar-refractivity contribution in [3.05, 3.63) is 36.2 Å². The highest BCUT2D eigenvalue weighted by Gasteiger charge is 2.53. The van der Waals surface area contributed by atoms with Crippen LogP contribution in [0.4, 0.5) is 11.5 Å². The van der Waals surface area contributed by atoms with E-state index in [0.29, 0.717) is 38.0 Å². The molecule has 0 bridgehead atoms. The lowest BCUT2D eigenvalue weighted by Gasteiger charge is -2.40. The van der Waals surface area contributed by atoms with Gasteiger partial charge in [-0.2, -0.15) is 0 Å². The minimum absolute atomic E-state index is 0.0213. The Bertz CT molecular complexity index is 1650. The Morgan fingerprint density at radius 2 is 1.70 bits per heavy atom. The van der Waals surface area contributed by atoms with Gasteiger partial charge in [0.25, 0.3) is 0 Å². The quantitative estimate of drug-likeness (QED) is 0.275. The molecule has 1 amide bonds. The lowest BCUT2D eigenvalue weighted by atomic mass is 9.73. The zero-order chi connectivity index (χ0) is 33.0. The Morgan fingerprint density at radius 1 is 0.979 bits per heavy atom. The first kappa shape index (κ1) is 32.1. The van der Waals surface area contributed by atoms with Gasteiger partial charge in [-0.1, -0.05) is 18.6 Å². The molecular weight excluding hydrogens is 590 g/mol. The first-order valence-electron chi connectivity index (χ1n) is 17.9. The van der Waals surface area contributed by atoms with Crippen molar-refractivity contribution in [3.8, 4) is 11.3 Å². The third kappa shape index (κ3) is 5.81. The van der Waals surface area contributed by atoms with Crippen LogP contribution in [-0.4, -0.2) is 91.7 Å². The molecule has 1 aliphatic carbocycles. The highest BCUT2D eigenvalue weighted by Crippen LogP contribution is 2.50. The summed E-state index contributed by atoms with van der Waals surface area (Å²) in [6, 6.07) is 9.10. The number of piperidine rings is 2. The number of amides is 1. The van der Waals surface area contributed by atoms with E-state index in [0.717, 1.165) is 71.7 Å². The molecule has 47 heavy (non-hydrogen) atoms. The summed E-state index contributed by atoms with van der Waals surface area (Å²) in [4.78, 5) is 43.2. The molecule has 3 aromatic rings. The summed E-state index contributed by atoms with van der Waals surface area (Å²) in [7, 11) is 0. The summed E-state index contributed by atoms with van der Waals surface area (Å²) in [5.41, 5.74) is 5.20. The van der Waals surface area contributed by atoms with E-state index in [4.69, 9.17) is 9.97 Å². The molecule has 3 aliphatic heterocycles. The van der Waals surface area contributed by atoms with Gasteiger partial charge >= 0.3 is 5.97 Å². The normalized spacial score (nSPS) is 22.2. The monoisotopic (exact) mass is 641 g/mol. The van der Waals surface area contributed by atoms with Crippen molar-refractivity contribution in [2.45, 2.75) is 122 Å². The maximum atomic E-state index is 14.8. The van der Waals surface area contributed by atoms with Crippen molar-refractivity contribution in [1.29, 1.82) is 0 Å². The van der Waals surface area contributed by atoms with Crippen LogP contribution >= 0.6 is 0 Å². The SMILES string of the molecule is CC(C(=O)O)N1CCC2(CC1)C(=O)N([C@H](C)C[C@H](C)N1CCCCC1)c1cc(-c3cc4ncn(C(C)C)c4c(NC4CC4)n3)ccc12. The molecule has 3 fully saturated rings. The number of aromatic nitrogens is 3. The van der Waals surface area contributed by atoms with E-state index in [1.165, 1.54) is 19.3 Å². The standard InChI is InChI=1S/C37H51N7O3/c1-23(2)43-22-38-31-21-30(40-34(33(31)43)39-28-10-11-28)27-9-12-29-32(20-27)44(25(4)19-24(3)41-15-7-6-8-16-41)36(47)37(29)13-17-42(18-14-37)26(5)35(45)46/h9,12,20-26,28H,6-8,10-11,13-19H2,1-5H3,(H,39,40)(H,45,46)/t24-,25+,26?/m0/s1. The van der Waals surface area contributed by atoms with Crippen LogP contribution in [0.5, 0.6) is 0 Å². The van der Waals surface area contributed by atoms with E-state index in [-0.39, 0.29) is 18.0 Å². The number of benzene rings is 1. The van der Waals surface area contributed by atoms with Gasteiger partial charge in [0.15, 0.2) is 5.82 Å². The van der Waals surface area contributed by atoms with Crippen LogP contribution in [0.25, 0.3) is 22.3 Å². The molecule has 0 radical (unpaired) electrons. The minimum Gasteiger partial charge on any atom is -0.480 e. The lowest BCUT2D eigenvalue weighted by molar-refractivity contribution is -0.143. The molecule has 252 valence electrons. The second kappa shape index (κ2) is 12.5. The Labute approximate surface area is 278 Å². The Kier molecular flexibility index (Phi) is 8.53. The number of nitrogens with one attached hydrogen (secondary N) is 1. The molecule has 1 unspecified atom stereocenters. The van der Waals surface area contributed by atoms with Crippen molar-refractivity contribution in [2.24, 2.45) is 0 Å². The minimum atomic E-state index is -0.816. The van der Waals surface area contributed by atoms with Crippen LogP contribution < -0.4 is 10.2 Å². The highest BCUT2D eigenvalue weighted by atomic mass is 16.4. The first-order valence-corrected chi connectivity index (χ1v) is 17.9. The molecular formula is C37H51N7O3. The van der Waals surface area contributed by atoms with E-state index >= 15 is 0 Å². The smallest absolute Gasteiger partial charge is 0.320 e. The fourth-order valence-electron chi connectivity index (χ4n) is 8.35. The van der Waals surface area contributed by atoms with Gasteiger partial charge in [-0.15, -0.1) is 0 Å². The summed E-state index contributed by atoms with van der Waals surface area (Å²) in [5, 5.41) is 13.3. The van der Waals surface area contributed by atoms with Gasteiger partial charge in [0.2, 0.25) is 5.91 Å². The van der Waals surface area contributed by atoms with Crippen LogP contribution in [0.15, 0.2) is 30.6 Å². The number of carbonyl (C=O) groups excluding carboxylic acids is 1. The Morgan fingerprint density at radius 3 is 2.36 bits per heavy atom. The first-order chi connectivity index (χ1) is 22.6. The van der Waals surface area contributed by atoms with E-state index in [2.05, 4.69) is 71.6 Å². The molecule has 10 heteroatoms. The molecule has 1 saturated carbocycles. The Balaban J connectivity index is 1.27. The predicted molar refractivity (Wildman–Crippen MR) is 186 cm³/mol. The number of rotatable bonds is 10. The molecule has 1 aromatic carbocycles. The number of fused-ring (bicyclic) bond motifs is 3. The lowest BCUT2D eigenvalue weighted by Crippen LogP contribution is -2.53. The van der Waals surface area contributed by atoms with Crippen molar-refractivity contribution in [2.75, 3.05) is 36.4 Å². The maximum Gasteiger partial charge on any atom is 0.320 e. The van der Waals surface area contributed by atoms with Gasteiger partial charge in [0, 0.05) is 48.5 Å². The third-order valence-corrected chi connectivity index (χ3v) is 11.4. The van der Waals surface area contributed by atoms with Crippen molar-refractivity contribution >= 4 is 34.4 Å². The Hall–Kier alpha value is -3.50.